The van der Waals surface area contributed by atoms with Gasteiger partial charge in [0, 0.05) is 0 Å². The van der Waals surface area contributed by atoms with E-state index in [1.807, 2.05) is 0 Å². The zero-order valence-electron chi connectivity index (χ0n) is 6.24. The van der Waals surface area contributed by atoms with Crippen LogP contribution >= 0.6 is 12.6 Å². The summed E-state index contributed by atoms with van der Waals surface area (Å²) in [6.07, 6.45) is -4.60. The van der Waals surface area contributed by atoms with Crippen molar-refractivity contribution < 1.29 is 25.2 Å². The third kappa shape index (κ3) is 1.73. The van der Waals surface area contributed by atoms with E-state index >= 15 is 0 Å². The third-order valence-corrected chi connectivity index (χ3v) is 2.43. The SMILES string of the molecule is OCC1O[C@H](O)C(S)[C@@H](O)[C@H]1O. The Hall–Kier alpha value is 0.150. The molecule has 1 aliphatic rings. The average Bonchev–Trinajstić information content (AvgIpc) is 2.08. The predicted molar refractivity (Wildman–Crippen MR) is 42.8 cm³/mol. The molecule has 1 fully saturated rings. The lowest BCUT2D eigenvalue weighted by Gasteiger charge is -2.37. The Labute approximate surface area is 75.0 Å². The molecule has 0 bridgehead atoms. The molecule has 1 heterocycles. The Morgan fingerprint density at radius 2 is 1.75 bits per heavy atom. The van der Waals surface area contributed by atoms with Gasteiger partial charge in [-0.3, -0.25) is 0 Å². The van der Waals surface area contributed by atoms with Gasteiger partial charge in [-0.2, -0.15) is 12.6 Å². The van der Waals surface area contributed by atoms with E-state index in [1.54, 1.807) is 0 Å². The molecule has 0 aromatic heterocycles. The van der Waals surface area contributed by atoms with Gasteiger partial charge in [0.1, 0.15) is 12.2 Å². The van der Waals surface area contributed by atoms with E-state index in [0.29, 0.717) is 0 Å². The van der Waals surface area contributed by atoms with Crippen molar-refractivity contribution in [3.05, 3.63) is 0 Å². The maximum absolute atomic E-state index is 9.24. The summed E-state index contributed by atoms with van der Waals surface area (Å²) in [5.74, 6) is 0. The maximum Gasteiger partial charge on any atom is 0.169 e. The summed E-state index contributed by atoms with van der Waals surface area (Å²) in [6.45, 7) is -0.449. The van der Waals surface area contributed by atoms with Crippen LogP contribution in [-0.4, -0.2) is 56.9 Å². The average molecular weight is 196 g/mol. The molecular weight excluding hydrogens is 184 g/mol. The van der Waals surface area contributed by atoms with Crippen LogP contribution < -0.4 is 0 Å². The fourth-order valence-corrected chi connectivity index (χ4v) is 1.33. The minimum atomic E-state index is -1.26. The van der Waals surface area contributed by atoms with Crippen molar-refractivity contribution in [1.29, 1.82) is 0 Å². The second kappa shape index (κ2) is 3.91. The molecule has 0 aromatic rings. The van der Waals surface area contributed by atoms with Gasteiger partial charge in [0.2, 0.25) is 0 Å². The van der Waals surface area contributed by atoms with E-state index < -0.39 is 36.5 Å². The summed E-state index contributed by atoms with van der Waals surface area (Å²) in [6, 6.07) is 0. The van der Waals surface area contributed by atoms with Crippen molar-refractivity contribution >= 4 is 12.6 Å². The van der Waals surface area contributed by atoms with Crippen LogP contribution in [0.4, 0.5) is 0 Å². The minimum absolute atomic E-state index is 0.449. The van der Waals surface area contributed by atoms with Gasteiger partial charge in [-0.25, -0.2) is 0 Å². The molecule has 1 saturated heterocycles. The highest BCUT2D eigenvalue weighted by Crippen LogP contribution is 2.22. The molecule has 4 N–H and O–H groups in total. The predicted octanol–water partition coefficient (Wildman–Crippen LogP) is -2.28. The highest BCUT2D eigenvalue weighted by molar-refractivity contribution is 7.81. The third-order valence-electron chi connectivity index (χ3n) is 1.87. The molecule has 12 heavy (non-hydrogen) atoms. The number of rotatable bonds is 1. The number of aliphatic hydroxyl groups is 4. The van der Waals surface area contributed by atoms with Gasteiger partial charge in [0.15, 0.2) is 6.29 Å². The fraction of sp³-hybridized carbons (Fsp3) is 1.00. The van der Waals surface area contributed by atoms with Crippen LogP contribution in [0.2, 0.25) is 0 Å². The summed E-state index contributed by atoms with van der Waals surface area (Å²) < 4.78 is 4.75. The smallest absolute Gasteiger partial charge is 0.169 e. The van der Waals surface area contributed by atoms with Crippen LogP contribution in [0.1, 0.15) is 0 Å². The van der Waals surface area contributed by atoms with Gasteiger partial charge in [0.05, 0.1) is 18.0 Å². The van der Waals surface area contributed by atoms with Crippen LogP contribution in [0.3, 0.4) is 0 Å². The summed E-state index contributed by atoms with van der Waals surface area (Å²) in [5, 5.41) is 35.4. The minimum Gasteiger partial charge on any atom is -0.394 e. The number of thiol groups is 1. The zero-order chi connectivity index (χ0) is 9.30. The first-order valence-electron chi connectivity index (χ1n) is 3.56. The van der Waals surface area contributed by atoms with Crippen molar-refractivity contribution in [2.24, 2.45) is 0 Å². The lowest BCUT2D eigenvalue weighted by molar-refractivity contribution is -0.234. The molecule has 0 radical (unpaired) electrons. The lowest BCUT2D eigenvalue weighted by Crippen LogP contribution is -2.56. The highest BCUT2D eigenvalue weighted by atomic mass is 32.1. The fourth-order valence-electron chi connectivity index (χ4n) is 1.08. The Morgan fingerprint density at radius 1 is 1.17 bits per heavy atom. The van der Waals surface area contributed by atoms with Crippen molar-refractivity contribution in [3.8, 4) is 0 Å². The molecule has 1 rings (SSSR count). The van der Waals surface area contributed by atoms with E-state index in [0.717, 1.165) is 0 Å². The second-order valence-corrected chi connectivity index (χ2v) is 3.32. The molecule has 5 atom stereocenters. The molecule has 0 amide bonds. The number of hydrogen-bond donors (Lipinski definition) is 5. The molecule has 0 aliphatic carbocycles. The van der Waals surface area contributed by atoms with Gasteiger partial charge in [0.25, 0.3) is 0 Å². The van der Waals surface area contributed by atoms with Crippen LogP contribution in [-0.2, 0) is 4.74 Å². The van der Waals surface area contributed by atoms with E-state index in [2.05, 4.69) is 12.6 Å². The topological polar surface area (TPSA) is 90.2 Å². The molecular formula is C6H12O5S. The maximum atomic E-state index is 9.24. The van der Waals surface area contributed by atoms with E-state index in [-0.39, 0.29) is 0 Å². The molecule has 6 heteroatoms. The first kappa shape index (κ1) is 10.2. The van der Waals surface area contributed by atoms with Gasteiger partial charge >= 0.3 is 0 Å². The zero-order valence-corrected chi connectivity index (χ0v) is 7.13. The summed E-state index contributed by atoms with van der Waals surface area (Å²) >= 11 is 3.82. The Bertz CT molecular complexity index is 150. The number of hydrogen-bond acceptors (Lipinski definition) is 6. The van der Waals surface area contributed by atoms with Crippen LogP contribution in [0.25, 0.3) is 0 Å². The van der Waals surface area contributed by atoms with Crippen LogP contribution in [0, 0.1) is 0 Å². The van der Waals surface area contributed by atoms with Gasteiger partial charge in [-0.1, -0.05) is 0 Å². The standard InChI is InChI=1S/C6H12O5S/c7-1-2-3(8)4(9)5(12)6(10)11-2/h2-10,12H,1H2/t2?,3-,4-,5?,6-/m0/s1. The van der Waals surface area contributed by atoms with Crippen molar-refractivity contribution in [2.75, 3.05) is 6.61 Å². The monoisotopic (exact) mass is 196 g/mol. The molecule has 5 nitrogen and oxygen atoms in total. The molecule has 72 valence electrons. The lowest BCUT2D eigenvalue weighted by atomic mass is 10.0. The Balaban J connectivity index is 2.63. The molecule has 0 spiro atoms. The van der Waals surface area contributed by atoms with Crippen molar-refractivity contribution in [2.45, 2.75) is 29.9 Å². The van der Waals surface area contributed by atoms with Crippen LogP contribution in [0.15, 0.2) is 0 Å². The van der Waals surface area contributed by atoms with Crippen LogP contribution in [0.5, 0.6) is 0 Å². The second-order valence-electron chi connectivity index (χ2n) is 2.72. The quantitative estimate of drug-likeness (QED) is 0.305. The number of aliphatic hydroxyl groups excluding tert-OH is 4. The van der Waals surface area contributed by atoms with E-state index in [1.165, 1.54) is 0 Å². The normalized spacial score (nSPS) is 49.2. The summed E-state index contributed by atoms with van der Waals surface area (Å²) in [7, 11) is 0. The Morgan fingerprint density at radius 3 is 2.25 bits per heavy atom. The molecule has 2 unspecified atom stereocenters. The van der Waals surface area contributed by atoms with E-state index in [4.69, 9.17) is 14.9 Å². The molecule has 0 aromatic carbocycles. The first-order valence-corrected chi connectivity index (χ1v) is 4.08. The largest absolute Gasteiger partial charge is 0.394 e. The molecule has 0 saturated carbocycles. The highest BCUT2D eigenvalue weighted by Gasteiger charge is 2.41. The summed E-state index contributed by atoms with van der Waals surface area (Å²) in [5.41, 5.74) is 0. The first-order chi connectivity index (χ1) is 5.57. The molecule has 1 aliphatic heterocycles. The van der Waals surface area contributed by atoms with Crippen molar-refractivity contribution in [3.63, 3.8) is 0 Å². The van der Waals surface area contributed by atoms with Gasteiger partial charge in [-0.05, 0) is 0 Å². The van der Waals surface area contributed by atoms with Gasteiger partial charge < -0.3 is 25.2 Å². The Kier molecular flexibility index (Phi) is 3.33. The van der Waals surface area contributed by atoms with Gasteiger partial charge in [-0.15, -0.1) is 0 Å². The number of ether oxygens (including phenoxy) is 1. The van der Waals surface area contributed by atoms with Crippen molar-refractivity contribution in [1.82, 2.24) is 0 Å². The summed E-state index contributed by atoms with van der Waals surface area (Å²) in [4.78, 5) is 0. The van der Waals surface area contributed by atoms with E-state index in [9.17, 15) is 10.2 Å².